The molecule has 3 aromatic rings. The molecule has 0 fully saturated rings. The van der Waals surface area contributed by atoms with Gasteiger partial charge < -0.3 is 4.42 Å². The summed E-state index contributed by atoms with van der Waals surface area (Å²) in [7, 11) is -3.42. The average Bonchev–Trinajstić information content (AvgIpc) is 3.09. The SMILES string of the molecule is Cc1ccccc1-c1nnc(SCC=CS(=O)(=O)c2ccccc2)o1. The van der Waals surface area contributed by atoms with Crippen LogP contribution in [0, 0.1) is 6.92 Å². The van der Waals surface area contributed by atoms with Crippen LogP contribution >= 0.6 is 11.8 Å². The van der Waals surface area contributed by atoms with E-state index in [1.54, 1.807) is 36.4 Å². The van der Waals surface area contributed by atoms with Crippen LogP contribution in [0.15, 0.2) is 80.6 Å². The van der Waals surface area contributed by atoms with E-state index < -0.39 is 9.84 Å². The predicted molar refractivity (Wildman–Crippen MR) is 98.0 cm³/mol. The molecular weight excluding hydrogens is 356 g/mol. The maximum absolute atomic E-state index is 12.1. The first kappa shape index (κ1) is 17.4. The first-order chi connectivity index (χ1) is 12.1. The van der Waals surface area contributed by atoms with E-state index in [2.05, 4.69) is 10.2 Å². The monoisotopic (exact) mass is 372 g/mol. The first-order valence-corrected chi connectivity index (χ1v) is 10.1. The lowest BCUT2D eigenvalue weighted by Gasteiger charge is -1.98. The summed E-state index contributed by atoms with van der Waals surface area (Å²) in [6, 6.07) is 16.1. The Morgan fingerprint density at radius 1 is 1.04 bits per heavy atom. The molecule has 25 heavy (non-hydrogen) atoms. The summed E-state index contributed by atoms with van der Waals surface area (Å²) in [5, 5.41) is 9.64. The van der Waals surface area contributed by atoms with E-state index in [1.165, 1.54) is 17.2 Å². The van der Waals surface area contributed by atoms with Crippen LogP contribution in [0.4, 0.5) is 0 Å². The second kappa shape index (κ2) is 7.67. The number of thioether (sulfide) groups is 1. The molecule has 0 atom stereocenters. The minimum Gasteiger partial charge on any atom is -0.411 e. The van der Waals surface area contributed by atoms with Gasteiger partial charge in [0.1, 0.15) is 0 Å². The minimum absolute atomic E-state index is 0.274. The van der Waals surface area contributed by atoms with E-state index in [9.17, 15) is 8.42 Å². The van der Waals surface area contributed by atoms with Crippen LogP contribution in [0.5, 0.6) is 0 Å². The van der Waals surface area contributed by atoms with Gasteiger partial charge in [0.2, 0.25) is 5.89 Å². The normalized spacial score (nSPS) is 11.9. The predicted octanol–water partition coefficient (Wildman–Crippen LogP) is 4.12. The number of aromatic nitrogens is 2. The van der Waals surface area contributed by atoms with Crippen LogP contribution < -0.4 is 0 Å². The Bertz CT molecular complexity index is 980. The molecular formula is C18H16N2O3S2. The molecule has 0 spiro atoms. The summed E-state index contributed by atoms with van der Waals surface area (Å²) in [6.07, 6.45) is 1.57. The molecule has 128 valence electrons. The fraction of sp³-hybridized carbons (Fsp3) is 0.111. The van der Waals surface area contributed by atoms with Crippen molar-refractivity contribution in [3.63, 3.8) is 0 Å². The molecule has 0 amide bonds. The second-order valence-corrected chi connectivity index (χ2v) is 8.03. The Morgan fingerprint density at radius 2 is 1.76 bits per heavy atom. The van der Waals surface area contributed by atoms with Gasteiger partial charge in [-0.15, -0.1) is 10.2 Å². The van der Waals surface area contributed by atoms with Crippen molar-refractivity contribution >= 4 is 21.6 Å². The molecule has 0 saturated carbocycles. The van der Waals surface area contributed by atoms with E-state index >= 15 is 0 Å². The van der Waals surface area contributed by atoms with Gasteiger partial charge in [0, 0.05) is 16.7 Å². The molecule has 0 N–H and O–H groups in total. The maximum Gasteiger partial charge on any atom is 0.277 e. The van der Waals surface area contributed by atoms with Crippen molar-refractivity contribution in [3.05, 3.63) is 71.6 Å². The molecule has 2 aromatic carbocycles. The summed E-state index contributed by atoms with van der Waals surface area (Å²) in [5.41, 5.74) is 1.94. The molecule has 1 heterocycles. The van der Waals surface area contributed by atoms with E-state index in [0.717, 1.165) is 11.1 Å². The first-order valence-electron chi connectivity index (χ1n) is 7.55. The number of benzene rings is 2. The van der Waals surface area contributed by atoms with Crippen molar-refractivity contribution in [2.45, 2.75) is 17.0 Å². The van der Waals surface area contributed by atoms with Crippen LogP contribution in [-0.2, 0) is 9.84 Å². The highest BCUT2D eigenvalue weighted by Gasteiger charge is 2.11. The van der Waals surface area contributed by atoms with Crippen LogP contribution in [-0.4, -0.2) is 24.4 Å². The van der Waals surface area contributed by atoms with Gasteiger partial charge in [0.05, 0.1) is 4.90 Å². The van der Waals surface area contributed by atoms with Crippen molar-refractivity contribution in [3.8, 4) is 11.5 Å². The third-order valence-electron chi connectivity index (χ3n) is 3.43. The molecule has 0 bridgehead atoms. The average molecular weight is 372 g/mol. The molecule has 1 aromatic heterocycles. The smallest absolute Gasteiger partial charge is 0.277 e. The maximum atomic E-state index is 12.1. The van der Waals surface area contributed by atoms with Gasteiger partial charge in [-0.3, -0.25) is 0 Å². The minimum atomic E-state index is -3.42. The van der Waals surface area contributed by atoms with Crippen molar-refractivity contribution in [1.29, 1.82) is 0 Å². The highest BCUT2D eigenvalue weighted by Crippen LogP contribution is 2.25. The lowest BCUT2D eigenvalue weighted by molar-refractivity contribution is 0.466. The van der Waals surface area contributed by atoms with Gasteiger partial charge in [-0.1, -0.05) is 54.2 Å². The van der Waals surface area contributed by atoms with Crippen molar-refractivity contribution in [1.82, 2.24) is 10.2 Å². The summed E-state index contributed by atoms with van der Waals surface area (Å²) in [6.45, 7) is 1.98. The van der Waals surface area contributed by atoms with Gasteiger partial charge in [0.15, 0.2) is 9.84 Å². The zero-order valence-corrected chi connectivity index (χ0v) is 15.1. The quantitative estimate of drug-likeness (QED) is 0.606. The lowest BCUT2D eigenvalue weighted by Crippen LogP contribution is -1.95. The third-order valence-corrected chi connectivity index (χ3v) is 5.68. The Kier molecular flexibility index (Phi) is 5.35. The molecule has 0 saturated heterocycles. The van der Waals surface area contributed by atoms with Gasteiger partial charge >= 0.3 is 0 Å². The second-order valence-electron chi connectivity index (χ2n) is 5.23. The van der Waals surface area contributed by atoms with Gasteiger partial charge in [-0.2, -0.15) is 0 Å². The molecule has 0 radical (unpaired) electrons. The van der Waals surface area contributed by atoms with Crippen molar-refractivity contribution in [2.24, 2.45) is 0 Å². The standard InChI is InChI=1S/C18H16N2O3S2/c1-14-8-5-6-11-16(14)17-19-20-18(23-17)24-12-7-13-25(21,22)15-9-3-2-4-10-15/h2-11,13H,12H2,1H3. The zero-order valence-electron chi connectivity index (χ0n) is 13.5. The fourth-order valence-electron chi connectivity index (χ4n) is 2.16. The number of hydrogen-bond acceptors (Lipinski definition) is 6. The summed E-state index contributed by atoms with van der Waals surface area (Å²) < 4.78 is 29.9. The largest absolute Gasteiger partial charge is 0.411 e. The Morgan fingerprint density at radius 3 is 2.52 bits per heavy atom. The highest BCUT2D eigenvalue weighted by molar-refractivity contribution is 7.99. The Balaban J connectivity index is 1.63. The van der Waals surface area contributed by atoms with Crippen molar-refractivity contribution in [2.75, 3.05) is 5.75 Å². The van der Waals surface area contributed by atoms with Gasteiger partial charge in [-0.05, 0) is 30.7 Å². The van der Waals surface area contributed by atoms with Crippen LogP contribution in [0.1, 0.15) is 5.56 Å². The fourth-order valence-corrected chi connectivity index (χ4v) is 3.90. The lowest BCUT2D eigenvalue weighted by atomic mass is 10.1. The number of sulfone groups is 1. The van der Waals surface area contributed by atoms with Crippen LogP contribution in [0.3, 0.4) is 0 Å². The molecule has 0 unspecified atom stereocenters. The zero-order chi connectivity index (χ0) is 17.7. The van der Waals surface area contributed by atoms with Gasteiger partial charge in [-0.25, -0.2) is 8.42 Å². The van der Waals surface area contributed by atoms with Crippen LogP contribution in [0.2, 0.25) is 0 Å². The van der Waals surface area contributed by atoms with E-state index in [1.807, 2.05) is 31.2 Å². The Hall–Kier alpha value is -2.38. The van der Waals surface area contributed by atoms with Crippen LogP contribution in [0.25, 0.3) is 11.5 Å². The van der Waals surface area contributed by atoms with E-state index in [-0.39, 0.29) is 4.90 Å². The topological polar surface area (TPSA) is 73.1 Å². The summed E-state index contributed by atoms with van der Waals surface area (Å²) >= 11 is 1.29. The summed E-state index contributed by atoms with van der Waals surface area (Å²) in [5.74, 6) is 0.878. The van der Waals surface area contributed by atoms with E-state index in [0.29, 0.717) is 16.9 Å². The van der Waals surface area contributed by atoms with E-state index in [4.69, 9.17) is 4.42 Å². The third kappa shape index (κ3) is 4.37. The number of nitrogens with zero attached hydrogens (tertiary/aromatic N) is 2. The Labute approximate surface area is 150 Å². The molecule has 3 rings (SSSR count). The van der Waals surface area contributed by atoms with Crippen molar-refractivity contribution < 1.29 is 12.8 Å². The molecule has 7 heteroatoms. The number of rotatable bonds is 6. The highest BCUT2D eigenvalue weighted by atomic mass is 32.2. The number of aryl methyl sites for hydroxylation is 1. The molecule has 0 aliphatic carbocycles. The number of hydrogen-bond donors (Lipinski definition) is 0. The molecule has 5 nitrogen and oxygen atoms in total. The summed E-state index contributed by atoms with van der Waals surface area (Å²) in [4.78, 5) is 0.274. The molecule has 0 aliphatic heterocycles. The van der Waals surface area contributed by atoms with Gasteiger partial charge in [0.25, 0.3) is 5.22 Å². The molecule has 0 aliphatic rings.